The Balaban J connectivity index is 2.58. The van der Waals surface area contributed by atoms with Gasteiger partial charge >= 0.3 is 0 Å². The fraction of sp³-hybridized carbons (Fsp3) is 0.462. The highest BCUT2D eigenvalue weighted by molar-refractivity contribution is 7.93. The van der Waals surface area contributed by atoms with Crippen LogP contribution in [0.25, 0.3) is 0 Å². The lowest BCUT2D eigenvalue weighted by atomic mass is 9.89. The molecule has 102 valence electrons. The van der Waals surface area contributed by atoms with E-state index in [2.05, 4.69) is 0 Å². The van der Waals surface area contributed by atoms with Crippen LogP contribution in [0, 0.1) is 23.0 Å². The van der Waals surface area contributed by atoms with Crippen molar-refractivity contribution < 1.29 is 17.2 Å². The van der Waals surface area contributed by atoms with Crippen LogP contribution in [0.2, 0.25) is 0 Å². The second-order valence-corrected chi connectivity index (χ2v) is 6.97. The molecule has 3 nitrogen and oxygen atoms in total. The highest BCUT2D eigenvalue weighted by atomic mass is 32.2. The second-order valence-electron chi connectivity index (χ2n) is 4.74. The molecule has 0 N–H and O–H groups in total. The van der Waals surface area contributed by atoms with Crippen LogP contribution < -0.4 is 0 Å². The quantitative estimate of drug-likeness (QED) is 0.839. The second kappa shape index (κ2) is 4.89. The van der Waals surface area contributed by atoms with Gasteiger partial charge in [-0.1, -0.05) is 19.3 Å². The van der Waals surface area contributed by atoms with E-state index >= 15 is 0 Å². The Morgan fingerprint density at radius 2 is 1.79 bits per heavy atom. The number of hydrogen-bond acceptors (Lipinski definition) is 3. The highest BCUT2D eigenvalue weighted by Gasteiger charge is 2.47. The molecular weight excluding hydrogens is 272 g/mol. The molecule has 1 aromatic carbocycles. The van der Waals surface area contributed by atoms with Crippen LogP contribution in [0.15, 0.2) is 23.1 Å². The molecule has 0 aliphatic heterocycles. The monoisotopic (exact) mass is 285 g/mol. The van der Waals surface area contributed by atoms with Crippen LogP contribution in [0.3, 0.4) is 0 Å². The van der Waals surface area contributed by atoms with Crippen LogP contribution in [-0.2, 0) is 9.84 Å². The lowest BCUT2D eigenvalue weighted by molar-refractivity contribution is 0.427. The molecule has 0 unspecified atom stereocenters. The number of sulfone groups is 1. The third-order valence-corrected chi connectivity index (χ3v) is 5.98. The molecule has 1 aromatic rings. The molecule has 0 aromatic heterocycles. The average molecular weight is 285 g/mol. The molecule has 1 fully saturated rings. The number of hydrogen-bond donors (Lipinski definition) is 0. The fourth-order valence-corrected chi connectivity index (χ4v) is 4.42. The van der Waals surface area contributed by atoms with Gasteiger partial charge in [-0.05, 0) is 31.0 Å². The summed E-state index contributed by atoms with van der Waals surface area (Å²) in [5.74, 6) is -1.84. The van der Waals surface area contributed by atoms with E-state index in [1.807, 2.05) is 6.07 Å². The first kappa shape index (κ1) is 13.9. The van der Waals surface area contributed by atoms with Gasteiger partial charge in [-0.2, -0.15) is 5.26 Å². The average Bonchev–Trinajstić information content (AvgIpc) is 2.42. The smallest absolute Gasteiger partial charge is 0.200 e. The predicted molar refractivity (Wildman–Crippen MR) is 65.0 cm³/mol. The summed E-state index contributed by atoms with van der Waals surface area (Å²) in [6.07, 6.45) is 2.39. The van der Waals surface area contributed by atoms with E-state index in [1.165, 1.54) is 0 Å². The summed E-state index contributed by atoms with van der Waals surface area (Å²) in [4.78, 5) is -0.712. The number of rotatable bonds is 2. The van der Waals surface area contributed by atoms with Crippen molar-refractivity contribution in [3.8, 4) is 6.07 Å². The van der Waals surface area contributed by atoms with Gasteiger partial charge in [0.1, 0.15) is 16.5 Å². The Hall–Kier alpha value is -1.48. The zero-order chi connectivity index (χ0) is 14.1. The summed E-state index contributed by atoms with van der Waals surface area (Å²) in [6.45, 7) is 0. The lowest BCUT2D eigenvalue weighted by Crippen LogP contribution is -2.39. The van der Waals surface area contributed by atoms with Crippen LogP contribution in [0.5, 0.6) is 0 Å². The molecule has 0 spiro atoms. The maximum Gasteiger partial charge on any atom is 0.200 e. The van der Waals surface area contributed by atoms with E-state index in [9.17, 15) is 22.5 Å². The molecule has 1 aliphatic carbocycles. The van der Waals surface area contributed by atoms with Crippen LogP contribution in [0.4, 0.5) is 8.78 Å². The lowest BCUT2D eigenvalue weighted by Gasteiger charge is -2.30. The maximum absolute atomic E-state index is 13.7. The van der Waals surface area contributed by atoms with Crippen molar-refractivity contribution in [2.24, 2.45) is 0 Å². The molecular formula is C13H13F2NO2S. The van der Waals surface area contributed by atoms with E-state index in [4.69, 9.17) is 0 Å². The van der Waals surface area contributed by atoms with E-state index in [0.29, 0.717) is 18.9 Å². The summed E-state index contributed by atoms with van der Waals surface area (Å²) in [5.41, 5.74) is 0. The molecule has 1 aliphatic rings. The van der Waals surface area contributed by atoms with Crippen molar-refractivity contribution >= 4 is 9.84 Å². The molecule has 0 saturated heterocycles. The van der Waals surface area contributed by atoms with Crippen LogP contribution in [-0.4, -0.2) is 13.2 Å². The van der Waals surface area contributed by atoms with Gasteiger partial charge < -0.3 is 0 Å². The first-order chi connectivity index (χ1) is 8.93. The summed E-state index contributed by atoms with van der Waals surface area (Å²) in [6, 6.07) is 4.11. The van der Waals surface area contributed by atoms with Crippen molar-refractivity contribution in [1.29, 1.82) is 5.26 Å². The Kier molecular flexibility index (Phi) is 3.59. The zero-order valence-corrected chi connectivity index (χ0v) is 11.0. The first-order valence-corrected chi connectivity index (χ1v) is 7.52. The topological polar surface area (TPSA) is 57.9 Å². The SMILES string of the molecule is N#CC1(S(=O)(=O)c2cc(F)ccc2F)CCCCC1. The van der Waals surface area contributed by atoms with Gasteiger partial charge in [0.15, 0.2) is 14.6 Å². The Morgan fingerprint density at radius 1 is 1.16 bits per heavy atom. The standard InChI is InChI=1S/C13H13F2NO2S/c14-10-4-5-11(15)12(8-10)19(17,18)13(9-16)6-2-1-3-7-13/h4-5,8H,1-3,6-7H2. The summed E-state index contributed by atoms with van der Waals surface area (Å²) >= 11 is 0. The van der Waals surface area contributed by atoms with Gasteiger partial charge in [-0.3, -0.25) is 0 Å². The Morgan fingerprint density at radius 3 is 2.37 bits per heavy atom. The van der Waals surface area contributed by atoms with Gasteiger partial charge in [0.05, 0.1) is 6.07 Å². The largest absolute Gasteiger partial charge is 0.222 e. The highest BCUT2D eigenvalue weighted by Crippen LogP contribution is 2.39. The normalized spacial score (nSPS) is 18.8. The van der Waals surface area contributed by atoms with E-state index in [0.717, 1.165) is 18.6 Å². The van der Waals surface area contributed by atoms with E-state index in [-0.39, 0.29) is 12.8 Å². The molecule has 0 atom stereocenters. The van der Waals surface area contributed by atoms with Crippen molar-refractivity contribution in [3.05, 3.63) is 29.8 Å². The minimum atomic E-state index is -4.20. The summed E-state index contributed by atoms with van der Waals surface area (Å²) < 4.78 is 50.2. The molecule has 1 saturated carbocycles. The minimum Gasteiger partial charge on any atom is -0.222 e. The van der Waals surface area contributed by atoms with Crippen LogP contribution in [0.1, 0.15) is 32.1 Å². The van der Waals surface area contributed by atoms with E-state index < -0.39 is 31.1 Å². The van der Waals surface area contributed by atoms with Crippen LogP contribution >= 0.6 is 0 Å². The number of benzene rings is 1. The Bertz CT molecular complexity index is 629. The van der Waals surface area contributed by atoms with Gasteiger partial charge in [0.2, 0.25) is 0 Å². The number of nitrogens with zero attached hydrogens (tertiary/aromatic N) is 1. The van der Waals surface area contributed by atoms with Gasteiger partial charge in [-0.15, -0.1) is 0 Å². The van der Waals surface area contributed by atoms with Crippen molar-refractivity contribution in [2.75, 3.05) is 0 Å². The van der Waals surface area contributed by atoms with Crippen molar-refractivity contribution in [2.45, 2.75) is 41.7 Å². The summed E-state index contributed by atoms with van der Waals surface area (Å²) in [5, 5.41) is 9.25. The maximum atomic E-state index is 13.7. The predicted octanol–water partition coefficient (Wildman–Crippen LogP) is 2.96. The van der Waals surface area contributed by atoms with Crippen molar-refractivity contribution in [3.63, 3.8) is 0 Å². The molecule has 0 radical (unpaired) electrons. The number of nitriles is 1. The molecule has 19 heavy (non-hydrogen) atoms. The van der Waals surface area contributed by atoms with E-state index in [1.54, 1.807) is 0 Å². The van der Waals surface area contributed by atoms with Gasteiger partial charge in [0.25, 0.3) is 0 Å². The third-order valence-electron chi connectivity index (χ3n) is 3.56. The minimum absolute atomic E-state index is 0.168. The number of halogens is 2. The fourth-order valence-electron chi connectivity index (χ4n) is 2.46. The molecule has 2 rings (SSSR count). The summed E-state index contributed by atoms with van der Waals surface area (Å²) in [7, 11) is -4.20. The molecule has 6 heteroatoms. The van der Waals surface area contributed by atoms with Crippen molar-refractivity contribution in [1.82, 2.24) is 0 Å². The molecule has 0 amide bonds. The first-order valence-electron chi connectivity index (χ1n) is 6.04. The van der Waals surface area contributed by atoms with Gasteiger partial charge in [-0.25, -0.2) is 17.2 Å². The third kappa shape index (κ3) is 2.23. The zero-order valence-electron chi connectivity index (χ0n) is 10.2. The van der Waals surface area contributed by atoms with Gasteiger partial charge in [0, 0.05) is 0 Å². The molecule has 0 bridgehead atoms. The molecule has 0 heterocycles. The Labute approximate surface area is 110 Å².